The van der Waals surface area contributed by atoms with Crippen LogP contribution in [0.2, 0.25) is 0 Å². The Balaban J connectivity index is 1.78. The number of ether oxygens (including phenoxy) is 1. The zero-order chi connectivity index (χ0) is 17.6. The van der Waals surface area contributed by atoms with Crippen molar-refractivity contribution in [3.63, 3.8) is 0 Å². The van der Waals surface area contributed by atoms with Gasteiger partial charge < -0.3 is 20.1 Å². The molecule has 0 radical (unpaired) electrons. The summed E-state index contributed by atoms with van der Waals surface area (Å²) in [7, 11) is 1.75. The van der Waals surface area contributed by atoms with Crippen LogP contribution in [0.5, 0.6) is 0 Å². The first kappa shape index (κ1) is 19.0. The molecule has 0 spiro atoms. The number of urea groups is 1. The number of carbonyl (C=O) groups is 2. The van der Waals surface area contributed by atoms with Crippen molar-refractivity contribution >= 4 is 12.0 Å². The molecule has 0 bridgehead atoms. The van der Waals surface area contributed by atoms with E-state index in [1.807, 2.05) is 0 Å². The highest BCUT2D eigenvalue weighted by Gasteiger charge is 2.33. The second kappa shape index (κ2) is 8.67. The summed E-state index contributed by atoms with van der Waals surface area (Å²) in [6.45, 7) is 5.04. The van der Waals surface area contributed by atoms with Gasteiger partial charge in [-0.1, -0.05) is 19.8 Å². The fourth-order valence-electron chi connectivity index (χ4n) is 3.81. The highest BCUT2D eigenvalue weighted by Crippen LogP contribution is 2.40. The van der Waals surface area contributed by atoms with Gasteiger partial charge in [0.1, 0.15) is 0 Å². The summed E-state index contributed by atoms with van der Waals surface area (Å²) in [5.74, 6) is -0.857. The zero-order valence-corrected chi connectivity index (χ0v) is 14.9. The standard InChI is InChI=1S/C17H31N3O4/c1-3-17(6-4-5-7-17)13-18-16(23)20-8-9-24-14(11-20)10-19(2)12-15(21)22/h14H,3-13H2,1-2H3,(H,18,23)(H,21,22). The van der Waals surface area contributed by atoms with Crippen molar-refractivity contribution in [3.8, 4) is 0 Å². The third-order valence-electron chi connectivity index (χ3n) is 5.38. The molecule has 2 fully saturated rings. The van der Waals surface area contributed by atoms with Gasteiger partial charge in [-0.05, 0) is 31.7 Å². The number of carbonyl (C=O) groups excluding carboxylic acids is 1. The Kier molecular flexibility index (Phi) is 6.86. The van der Waals surface area contributed by atoms with Crippen LogP contribution < -0.4 is 5.32 Å². The number of hydrogen-bond acceptors (Lipinski definition) is 4. The number of carboxylic acid groups (broad SMARTS) is 1. The molecule has 2 rings (SSSR count). The molecule has 0 aromatic heterocycles. The van der Waals surface area contributed by atoms with Crippen LogP contribution in [-0.4, -0.2) is 79.4 Å². The van der Waals surface area contributed by atoms with Crippen LogP contribution in [0.3, 0.4) is 0 Å². The Labute approximate surface area is 144 Å². The lowest BCUT2D eigenvalue weighted by Gasteiger charge is -2.36. The molecule has 1 heterocycles. The van der Waals surface area contributed by atoms with E-state index >= 15 is 0 Å². The monoisotopic (exact) mass is 341 g/mol. The third kappa shape index (κ3) is 5.34. The maximum atomic E-state index is 12.5. The van der Waals surface area contributed by atoms with Gasteiger partial charge in [-0.25, -0.2) is 4.79 Å². The van der Waals surface area contributed by atoms with Gasteiger partial charge in [-0.3, -0.25) is 9.69 Å². The zero-order valence-electron chi connectivity index (χ0n) is 14.9. The van der Waals surface area contributed by atoms with Crippen molar-refractivity contribution in [1.82, 2.24) is 15.1 Å². The van der Waals surface area contributed by atoms with Gasteiger partial charge in [0, 0.05) is 26.2 Å². The fourth-order valence-corrected chi connectivity index (χ4v) is 3.81. The predicted octanol–water partition coefficient (Wildman–Crippen LogP) is 1.38. The first-order valence-corrected chi connectivity index (χ1v) is 8.99. The highest BCUT2D eigenvalue weighted by molar-refractivity contribution is 5.74. The summed E-state index contributed by atoms with van der Waals surface area (Å²) in [4.78, 5) is 26.7. The van der Waals surface area contributed by atoms with Crippen LogP contribution in [0.1, 0.15) is 39.0 Å². The topological polar surface area (TPSA) is 82.1 Å². The lowest BCUT2D eigenvalue weighted by Crippen LogP contribution is -2.53. The van der Waals surface area contributed by atoms with E-state index in [1.165, 1.54) is 25.7 Å². The highest BCUT2D eigenvalue weighted by atomic mass is 16.5. The van der Waals surface area contributed by atoms with Crippen LogP contribution in [0.15, 0.2) is 0 Å². The second-order valence-corrected chi connectivity index (χ2v) is 7.25. The molecule has 0 aromatic rings. The molecule has 7 heteroatoms. The van der Waals surface area contributed by atoms with E-state index in [9.17, 15) is 9.59 Å². The van der Waals surface area contributed by atoms with Gasteiger partial charge in [-0.2, -0.15) is 0 Å². The summed E-state index contributed by atoms with van der Waals surface area (Å²) < 4.78 is 5.67. The SMILES string of the molecule is CCC1(CNC(=O)N2CCOC(CN(C)CC(=O)O)C2)CCCC1. The second-order valence-electron chi connectivity index (χ2n) is 7.25. The molecule has 1 unspecified atom stereocenters. The number of rotatable bonds is 7. The van der Waals surface area contributed by atoms with E-state index in [1.54, 1.807) is 16.8 Å². The lowest BCUT2D eigenvalue weighted by atomic mass is 9.83. The maximum Gasteiger partial charge on any atom is 0.317 e. The number of amides is 2. The molecule has 2 N–H and O–H groups in total. The molecule has 2 amide bonds. The smallest absolute Gasteiger partial charge is 0.317 e. The Morgan fingerprint density at radius 3 is 2.71 bits per heavy atom. The van der Waals surface area contributed by atoms with Crippen LogP contribution in [-0.2, 0) is 9.53 Å². The van der Waals surface area contributed by atoms with E-state index in [4.69, 9.17) is 9.84 Å². The minimum Gasteiger partial charge on any atom is -0.480 e. The molecule has 2 aliphatic rings. The lowest BCUT2D eigenvalue weighted by molar-refractivity contribution is -0.138. The maximum absolute atomic E-state index is 12.5. The molecule has 138 valence electrons. The Morgan fingerprint density at radius 1 is 1.38 bits per heavy atom. The quantitative estimate of drug-likeness (QED) is 0.731. The summed E-state index contributed by atoms with van der Waals surface area (Å²) >= 11 is 0. The predicted molar refractivity (Wildman–Crippen MR) is 91.0 cm³/mol. The molecule has 7 nitrogen and oxygen atoms in total. The summed E-state index contributed by atoms with van der Waals surface area (Å²) in [5.41, 5.74) is 0.281. The van der Waals surface area contributed by atoms with E-state index in [2.05, 4.69) is 12.2 Å². The Hall–Kier alpha value is -1.34. The minimum atomic E-state index is -0.857. The molecule has 1 saturated heterocycles. The third-order valence-corrected chi connectivity index (χ3v) is 5.38. The molecule has 1 aliphatic carbocycles. The van der Waals surface area contributed by atoms with Crippen LogP contribution in [0.25, 0.3) is 0 Å². The Bertz CT molecular complexity index is 438. The van der Waals surface area contributed by atoms with Gasteiger partial charge in [0.2, 0.25) is 0 Å². The first-order chi connectivity index (χ1) is 11.4. The normalized spacial score (nSPS) is 23.5. The number of carboxylic acids is 1. The summed E-state index contributed by atoms with van der Waals surface area (Å²) in [5, 5.41) is 11.9. The largest absolute Gasteiger partial charge is 0.480 e. The van der Waals surface area contributed by atoms with Crippen molar-refractivity contribution in [2.24, 2.45) is 5.41 Å². The number of morpholine rings is 1. The van der Waals surface area contributed by atoms with Gasteiger partial charge in [0.15, 0.2) is 0 Å². The number of nitrogens with zero attached hydrogens (tertiary/aromatic N) is 2. The number of aliphatic carboxylic acids is 1. The average Bonchev–Trinajstić information content (AvgIpc) is 3.01. The number of likely N-dealkylation sites (N-methyl/N-ethyl adjacent to an activating group) is 1. The number of nitrogens with one attached hydrogen (secondary N) is 1. The summed E-state index contributed by atoms with van der Waals surface area (Å²) in [6.07, 6.45) is 5.91. The first-order valence-electron chi connectivity index (χ1n) is 8.99. The fraction of sp³-hybridized carbons (Fsp3) is 0.882. The molecular weight excluding hydrogens is 310 g/mol. The molecule has 1 atom stereocenters. The van der Waals surface area contributed by atoms with E-state index in [-0.39, 0.29) is 24.1 Å². The van der Waals surface area contributed by atoms with Gasteiger partial charge >= 0.3 is 12.0 Å². The van der Waals surface area contributed by atoms with Gasteiger partial charge in [0.25, 0.3) is 0 Å². The molecule has 1 saturated carbocycles. The minimum absolute atomic E-state index is 0.0227. The summed E-state index contributed by atoms with van der Waals surface area (Å²) in [6, 6.07) is -0.0242. The Morgan fingerprint density at radius 2 is 2.08 bits per heavy atom. The molecule has 24 heavy (non-hydrogen) atoms. The molecule has 0 aromatic carbocycles. The van der Waals surface area contributed by atoms with E-state index < -0.39 is 5.97 Å². The van der Waals surface area contributed by atoms with Gasteiger partial charge in [0.05, 0.1) is 19.3 Å². The number of hydrogen-bond donors (Lipinski definition) is 2. The van der Waals surface area contributed by atoms with Crippen molar-refractivity contribution in [3.05, 3.63) is 0 Å². The van der Waals surface area contributed by atoms with E-state index in [0.717, 1.165) is 13.0 Å². The van der Waals surface area contributed by atoms with E-state index in [0.29, 0.717) is 26.2 Å². The molecule has 1 aliphatic heterocycles. The van der Waals surface area contributed by atoms with Crippen LogP contribution in [0, 0.1) is 5.41 Å². The van der Waals surface area contributed by atoms with Crippen molar-refractivity contribution in [1.29, 1.82) is 0 Å². The van der Waals surface area contributed by atoms with Crippen molar-refractivity contribution in [2.75, 3.05) is 46.4 Å². The average molecular weight is 341 g/mol. The van der Waals surface area contributed by atoms with Crippen molar-refractivity contribution < 1.29 is 19.4 Å². The van der Waals surface area contributed by atoms with Crippen molar-refractivity contribution in [2.45, 2.75) is 45.1 Å². The van der Waals surface area contributed by atoms with Gasteiger partial charge in [-0.15, -0.1) is 0 Å². The van der Waals surface area contributed by atoms with Crippen LogP contribution in [0.4, 0.5) is 4.79 Å². The van der Waals surface area contributed by atoms with Crippen LogP contribution >= 0.6 is 0 Å². The molecular formula is C17H31N3O4.